The van der Waals surface area contributed by atoms with Crippen LogP contribution in [0.1, 0.15) is 11.3 Å². The summed E-state index contributed by atoms with van der Waals surface area (Å²) in [6.07, 6.45) is 0. The molecule has 0 fully saturated rings. The summed E-state index contributed by atoms with van der Waals surface area (Å²) in [5.41, 5.74) is 9.20. The molecule has 0 aromatic carbocycles. The molecule has 0 spiro atoms. The van der Waals surface area contributed by atoms with Crippen LogP contribution in [-0.2, 0) is 7.05 Å². The number of aromatic nitrogens is 4. The van der Waals surface area contributed by atoms with E-state index in [1.165, 1.54) is 0 Å². The standard InChI is InChI=1S/C10H13N5/c1-6-4-5-8(13-12-6)9-7(2)10(11)15(3)14-9/h4-5H,11H2,1-3H3. The van der Waals surface area contributed by atoms with E-state index in [-0.39, 0.29) is 0 Å². The van der Waals surface area contributed by atoms with Crippen molar-refractivity contribution in [1.29, 1.82) is 0 Å². The smallest absolute Gasteiger partial charge is 0.124 e. The van der Waals surface area contributed by atoms with Crippen molar-refractivity contribution < 1.29 is 0 Å². The highest BCUT2D eigenvalue weighted by Crippen LogP contribution is 2.23. The summed E-state index contributed by atoms with van der Waals surface area (Å²) in [5, 5.41) is 12.4. The van der Waals surface area contributed by atoms with Gasteiger partial charge in [-0.3, -0.25) is 4.68 Å². The van der Waals surface area contributed by atoms with Gasteiger partial charge in [0, 0.05) is 12.6 Å². The predicted molar refractivity (Wildman–Crippen MR) is 58.1 cm³/mol. The Morgan fingerprint density at radius 3 is 2.40 bits per heavy atom. The summed E-state index contributed by atoms with van der Waals surface area (Å²) in [5.74, 6) is 0.660. The number of nitrogens with two attached hydrogens (primary N) is 1. The predicted octanol–water partition coefficient (Wildman–Crippen LogP) is 1.08. The number of rotatable bonds is 1. The van der Waals surface area contributed by atoms with Crippen molar-refractivity contribution >= 4 is 5.82 Å². The Labute approximate surface area is 87.9 Å². The van der Waals surface area contributed by atoms with Crippen LogP contribution in [-0.4, -0.2) is 20.0 Å². The quantitative estimate of drug-likeness (QED) is 0.752. The van der Waals surface area contributed by atoms with E-state index >= 15 is 0 Å². The molecule has 2 rings (SSSR count). The summed E-state index contributed by atoms with van der Waals surface area (Å²) < 4.78 is 1.65. The Morgan fingerprint density at radius 1 is 1.20 bits per heavy atom. The lowest BCUT2D eigenvalue weighted by atomic mass is 10.2. The molecule has 0 amide bonds. The Bertz CT molecular complexity index is 483. The van der Waals surface area contributed by atoms with E-state index in [9.17, 15) is 0 Å². The van der Waals surface area contributed by atoms with E-state index in [2.05, 4.69) is 15.3 Å². The molecule has 0 unspecified atom stereocenters. The minimum atomic E-state index is 0.660. The lowest BCUT2D eigenvalue weighted by Gasteiger charge is -1.96. The second kappa shape index (κ2) is 3.34. The molecule has 2 N–H and O–H groups in total. The Morgan fingerprint density at radius 2 is 1.93 bits per heavy atom. The number of nitrogen functional groups attached to an aromatic ring is 1. The molecule has 0 aliphatic rings. The first kappa shape index (κ1) is 9.64. The average Bonchev–Trinajstić information content (AvgIpc) is 2.47. The third-order valence-electron chi connectivity index (χ3n) is 2.38. The van der Waals surface area contributed by atoms with Crippen LogP contribution in [0, 0.1) is 13.8 Å². The maximum atomic E-state index is 5.82. The van der Waals surface area contributed by atoms with Crippen LogP contribution in [0.3, 0.4) is 0 Å². The molecule has 0 aliphatic carbocycles. The van der Waals surface area contributed by atoms with Gasteiger partial charge in [0.1, 0.15) is 17.2 Å². The van der Waals surface area contributed by atoms with Crippen molar-refractivity contribution in [3.05, 3.63) is 23.4 Å². The molecular formula is C10H13N5. The SMILES string of the molecule is Cc1ccc(-c2nn(C)c(N)c2C)nn1. The van der Waals surface area contributed by atoms with E-state index in [0.29, 0.717) is 5.82 Å². The molecule has 5 nitrogen and oxygen atoms in total. The van der Waals surface area contributed by atoms with Crippen LogP contribution in [0.25, 0.3) is 11.4 Å². The fourth-order valence-corrected chi connectivity index (χ4v) is 1.41. The third kappa shape index (κ3) is 1.56. The Kier molecular flexibility index (Phi) is 2.15. The molecule has 78 valence electrons. The topological polar surface area (TPSA) is 69.6 Å². The second-order valence-corrected chi connectivity index (χ2v) is 3.54. The highest BCUT2D eigenvalue weighted by atomic mass is 15.3. The summed E-state index contributed by atoms with van der Waals surface area (Å²) in [4.78, 5) is 0. The molecule has 2 aromatic heterocycles. The van der Waals surface area contributed by atoms with E-state index in [0.717, 1.165) is 22.6 Å². The van der Waals surface area contributed by atoms with Crippen molar-refractivity contribution in [2.24, 2.45) is 7.05 Å². The molecular weight excluding hydrogens is 190 g/mol. The molecule has 5 heteroatoms. The highest BCUT2D eigenvalue weighted by Gasteiger charge is 2.12. The molecule has 0 bridgehead atoms. The first-order valence-corrected chi connectivity index (χ1v) is 4.69. The zero-order valence-corrected chi connectivity index (χ0v) is 9.02. The van der Waals surface area contributed by atoms with Gasteiger partial charge in [0.2, 0.25) is 0 Å². The van der Waals surface area contributed by atoms with E-state index in [1.54, 1.807) is 4.68 Å². The monoisotopic (exact) mass is 203 g/mol. The average molecular weight is 203 g/mol. The van der Waals surface area contributed by atoms with E-state index < -0.39 is 0 Å². The molecule has 2 heterocycles. The fraction of sp³-hybridized carbons (Fsp3) is 0.300. The van der Waals surface area contributed by atoms with E-state index in [1.807, 2.05) is 33.0 Å². The first-order valence-electron chi connectivity index (χ1n) is 4.69. The summed E-state index contributed by atoms with van der Waals surface area (Å²) in [7, 11) is 1.81. The number of anilines is 1. The molecule has 0 radical (unpaired) electrons. The van der Waals surface area contributed by atoms with Gasteiger partial charge < -0.3 is 5.73 Å². The number of nitrogens with zero attached hydrogens (tertiary/aromatic N) is 4. The van der Waals surface area contributed by atoms with Crippen molar-refractivity contribution in [2.75, 3.05) is 5.73 Å². The number of hydrogen-bond acceptors (Lipinski definition) is 4. The van der Waals surface area contributed by atoms with E-state index in [4.69, 9.17) is 5.73 Å². The van der Waals surface area contributed by atoms with Crippen molar-refractivity contribution in [1.82, 2.24) is 20.0 Å². The number of aryl methyl sites for hydroxylation is 2. The minimum absolute atomic E-state index is 0.660. The van der Waals surface area contributed by atoms with Gasteiger partial charge in [-0.15, -0.1) is 5.10 Å². The Balaban J connectivity index is 2.54. The van der Waals surface area contributed by atoms with Gasteiger partial charge in [-0.05, 0) is 26.0 Å². The summed E-state index contributed by atoms with van der Waals surface area (Å²) >= 11 is 0. The molecule has 0 saturated carbocycles. The maximum absolute atomic E-state index is 5.82. The normalized spacial score (nSPS) is 10.6. The number of hydrogen-bond donors (Lipinski definition) is 1. The maximum Gasteiger partial charge on any atom is 0.124 e. The van der Waals surface area contributed by atoms with Crippen LogP contribution in [0.2, 0.25) is 0 Å². The molecule has 15 heavy (non-hydrogen) atoms. The second-order valence-electron chi connectivity index (χ2n) is 3.54. The third-order valence-corrected chi connectivity index (χ3v) is 2.38. The summed E-state index contributed by atoms with van der Waals surface area (Å²) in [6.45, 7) is 3.83. The van der Waals surface area contributed by atoms with Gasteiger partial charge in [0.15, 0.2) is 0 Å². The van der Waals surface area contributed by atoms with Gasteiger partial charge in [0.25, 0.3) is 0 Å². The van der Waals surface area contributed by atoms with Crippen molar-refractivity contribution in [2.45, 2.75) is 13.8 Å². The fourth-order valence-electron chi connectivity index (χ4n) is 1.41. The summed E-state index contributed by atoms with van der Waals surface area (Å²) in [6, 6.07) is 3.81. The van der Waals surface area contributed by atoms with Crippen LogP contribution in [0.15, 0.2) is 12.1 Å². The molecule has 0 saturated heterocycles. The zero-order chi connectivity index (χ0) is 11.0. The minimum Gasteiger partial charge on any atom is -0.384 e. The van der Waals surface area contributed by atoms with Crippen LogP contribution < -0.4 is 5.73 Å². The Hall–Kier alpha value is -1.91. The molecule has 0 aliphatic heterocycles. The highest BCUT2D eigenvalue weighted by molar-refractivity contribution is 5.64. The van der Waals surface area contributed by atoms with Gasteiger partial charge in [-0.25, -0.2) is 0 Å². The van der Waals surface area contributed by atoms with Crippen molar-refractivity contribution in [3.63, 3.8) is 0 Å². The molecule has 0 atom stereocenters. The van der Waals surface area contributed by atoms with Gasteiger partial charge in [0.05, 0.1) is 5.69 Å². The molecule has 2 aromatic rings. The van der Waals surface area contributed by atoms with Crippen LogP contribution in [0.4, 0.5) is 5.82 Å². The lowest BCUT2D eigenvalue weighted by Crippen LogP contribution is -1.97. The van der Waals surface area contributed by atoms with Crippen molar-refractivity contribution in [3.8, 4) is 11.4 Å². The lowest BCUT2D eigenvalue weighted by molar-refractivity contribution is 0.779. The van der Waals surface area contributed by atoms with Gasteiger partial charge in [-0.2, -0.15) is 10.2 Å². The zero-order valence-electron chi connectivity index (χ0n) is 9.02. The first-order chi connectivity index (χ1) is 7.09. The van der Waals surface area contributed by atoms with Gasteiger partial charge in [-0.1, -0.05) is 0 Å². The van der Waals surface area contributed by atoms with Crippen LogP contribution >= 0.6 is 0 Å². The van der Waals surface area contributed by atoms with Crippen LogP contribution in [0.5, 0.6) is 0 Å². The largest absolute Gasteiger partial charge is 0.384 e. The van der Waals surface area contributed by atoms with Gasteiger partial charge >= 0.3 is 0 Å².